The molecule has 24 heavy (non-hydrogen) atoms. The molecule has 1 N–H and O–H groups in total. The van der Waals surface area contributed by atoms with Gasteiger partial charge in [0.1, 0.15) is 10.1 Å². The van der Waals surface area contributed by atoms with Crippen molar-refractivity contribution in [1.29, 1.82) is 0 Å². The van der Waals surface area contributed by atoms with E-state index < -0.39 is 0 Å². The summed E-state index contributed by atoms with van der Waals surface area (Å²) in [5.41, 5.74) is 2.02. The largest absolute Gasteiger partial charge is 0.496 e. The molecule has 2 aliphatic rings. The maximum absolute atomic E-state index is 11.8. The van der Waals surface area contributed by atoms with Gasteiger partial charge in [0, 0.05) is 5.56 Å². The summed E-state index contributed by atoms with van der Waals surface area (Å²) < 4.78 is 5.98. The first-order chi connectivity index (χ1) is 11.7. The van der Waals surface area contributed by atoms with E-state index in [1.54, 1.807) is 7.11 Å². The average molecular weight is 360 g/mol. The average Bonchev–Trinajstić information content (AvgIpc) is 2.91. The van der Waals surface area contributed by atoms with Crippen LogP contribution in [0, 0.1) is 5.92 Å². The van der Waals surface area contributed by atoms with E-state index in [4.69, 9.17) is 17.0 Å². The van der Waals surface area contributed by atoms with E-state index in [0.717, 1.165) is 16.9 Å². The molecule has 1 aliphatic carbocycles. The van der Waals surface area contributed by atoms with Crippen LogP contribution in [0.2, 0.25) is 0 Å². The van der Waals surface area contributed by atoms with Crippen molar-refractivity contribution >= 4 is 46.4 Å². The smallest absolute Gasteiger partial charge is 0.263 e. The predicted octanol–water partition coefficient (Wildman–Crippen LogP) is 4.78. The maximum atomic E-state index is 11.8. The second-order valence-corrected chi connectivity index (χ2v) is 7.83. The molecule has 5 heteroatoms. The van der Waals surface area contributed by atoms with E-state index >= 15 is 0 Å². The summed E-state index contributed by atoms with van der Waals surface area (Å²) in [5, 5.41) is 2.64. The summed E-state index contributed by atoms with van der Waals surface area (Å²) in [4.78, 5) is 12.4. The molecule has 1 aliphatic heterocycles. The molecule has 0 unspecified atom stereocenters. The number of thiocarbonyl (C=S) groups is 1. The van der Waals surface area contributed by atoms with Gasteiger partial charge in [-0.2, -0.15) is 0 Å². The normalized spacial score (nSPS) is 20.8. The van der Waals surface area contributed by atoms with E-state index in [1.165, 1.54) is 43.9 Å². The summed E-state index contributed by atoms with van der Waals surface area (Å²) >= 11 is 6.33. The van der Waals surface area contributed by atoms with Gasteiger partial charge in [0.25, 0.3) is 5.91 Å². The summed E-state index contributed by atoms with van der Waals surface area (Å²) in [6, 6.07) is 5.96. The molecule has 2 fully saturated rings. The molecule has 1 saturated carbocycles. The molecule has 0 aromatic heterocycles. The fraction of sp³-hybridized carbons (Fsp3) is 0.368. The van der Waals surface area contributed by atoms with Crippen molar-refractivity contribution in [3.05, 3.63) is 40.3 Å². The van der Waals surface area contributed by atoms with Gasteiger partial charge in [-0.25, -0.2) is 0 Å². The fourth-order valence-corrected chi connectivity index (χ4v) is 4.16. The molecule has 0 atom stereocenters. The SMILES string of the molecule is COc1ccc(/C=C2\SC(=S)NC2=O)cc1/C=C/C1CCCCC1. The highest BCUT2D eigenvalue weighted by atomic mass is 32.2. The highest BCUT2D eigenvalue weighted by Crippen LogP contribution is 2.30. The summed E-state index contributed by atoms with van der Waals surface area (Å²) in [7, 11) is 1.68. The Bertz CT molecular complexity index is 703. The highest BCUT2D eigenvalue weighted by Gasteiger charge is 2.22. The standard InChI is InChI=1S/C19H21NO2S2/c1-22-16-10-8-14(12-17-18(21)20-19(23)24-17)11-15(16)9-7-13-5-3-2-4-6-13/h7-13H,2-6H2,1H3,(H,20,21,23)/b9-7+,17-12-. The summed E-state index contributed by atoms with van der Waals surface area (Å²) in [6.07, 6.45) is 12.9. The number of methoxy groups -OCH3 is 1. The van der Waals surface area contributed by atoms with Crippen molar-refractivity contribution in [2.75, 3.05) is 7.11 Å². The van der Waals surface area contributed by atoms with Gasteiger partial charge in [-0.15, -0.1) is 0 Å². The lowest BCUT2D eigenvalue weighted by atomic mass is 9.88. The lowest BCUT2D eigenvalue weighted by Gasteiger charge is -2.18. The summed E-state index contributed by atoms with van der Waals surface area (Å²) in [6.45, 7) is 0. The van der Waals surface area contributed by atoms with Gasteiger partial charge in [0.2, 0.25) is 0 Å². The third kappa shape index (κ3) is 4.28. The lowest BCUT2D eigenvalue weighted by Crippen LogP contribution is -2.17. The summed E-state index contributed by atoms with van der Waals surface area (Å²) in [5.74, 6) is 1.39. The van der Waals surface area contributed by atoms with E-state index in [9.17, 15) is 4.79 Å². The van der Waals surface area contributed by atoms with Crippen molar-refractivity contribution in [3.63, 3.8) is 0 Å². The second kappa shape index (κ2) is 7.99. The van der Waals surface area contributed by atoms with Crippen LogP contribution in [0.15, 0.2) is 29.2 Å². The van der Waals surface area contributed by atoms with E-state index in [1.807, 2.05) is 18.2 Å². The number of carbonyl (C=O) groups is 1. The molecule has 1 amide bonds. The van der Waals surface area contributed by atoms with Gasteiger partial charge >= 0.3 is 0 Å². The van der Waals surface area contributed by atoms with Crippen LogP contribution >= 0.6 is 24.0 Å². The Morgan fingerprint density at radius 3 is 2.75 bits per heavy atom. The van der Waals surface area contributed by atoms with Crippen LogP contribution in [0.25, 0.3) is 12.2 Å². The van der Waals surface area contributed by atoms with Gasteiger partial charge in [-0.3, -0.25) is 4.79 Å². The molecular formula is C19H21NO2S2. The number of carbonyl (C=O) groups excluding carboxylic acids is 1. The fourth-order valence-electron chi connectivity index (χ4n) is 3.11. The van der Waals surface area contributed by atoms with Crippen LogP contribution in [-0.4, -0.2) is 17.3 Å². The zero-order valence-electron chi connectivity index (χ0n) is 13.7. The van der Waals surface area contributed by atoms with Gasteiger partial charge in [0.05, 0.1) is 12.0 Å². The Morgan fingerprint density at radius 1 is 1.29 bits per heavy atom. The molecule has 3 rings (SSSR count). The van der Waals surface area contributed by atoms with Crippen molar-refractivity contribution < 1.29 is 9.53 Å². The van der Waals surface area contributed by atoms with Gasteiger partial charge in [-0.05, 0) is 42.5 Å². The monoisotopic (exact) mass is 359 g/mol. The number of nitrogens with one attached hydrogen (secondary N) is 1. The minimum Gasteiger partial charge on any atom is -0.496 e. The minimum absolute atomic E-state index is 0.125. The van der Waals surface area contributed by atoms with Crippen LogP contribution in [0.5, 0.6) is 5.75 Å². The molecule has 0 bridgehead atoms. The molecule has 1 aromatic rings. The molecule has 0 spiro atoms. The number of thioether (sulfide) groups is 1. The van der Waals surface area contributed by atoms with Crippen LogP contribution in [-0.2, 0) is 4.79 Å². The van der Waals surface area contributed by atoms with Crippen molar-refractivity contribution in [2.45, 2.75) is 32.1 Å². The quantitative estimate of drug-likeness (QED) is 0.620. The van der Waals surface area contributed by atoms with E-state index in [-0.39, 0.29) is 5.91 Å². The first-order valence-electron chi connectivity index (χ1n) is 8.27. The number of amides is 1. The molecule has 126 valence electrons. The zero-order valence-corrected chi connectivity index (χ0v) is 15.3. The number of benzene rings is 1. The number of rotatable bonds is 4. The number of allylic oxidation sites excluding steroid dienone is 1. The third-order valence-electron chi connectivity index (χ3n) is 4.39. The van der Waals surface area contributed by atoms with Crippen molar-refractivity contribution in [1.82, 2.24) is 5.32 Å². The van der Waals surface area contributed by atoms with Crippen LogP contribution in [0.4, 0.5) is 0 Å². The van der Waals surface area contributed by atoms with Crippen molar-refractivity contribution in [2.24, 2.45) is 5.92 Å². The highest BCUT2D eigenvalue weighted by molar-refractivity contribution is 8.26. The molecule has 3 nitrogen and oxygen atoms in total. The van der Waals surface area contributed by atoms with Crippen molar-refractivity contribution in [3.8, 4) is 5.75 Å². The first kappa shape index (κ1) is 17.2. The Balaban J connectivity index is 1.82. The number of ether oxygens (including phenoxy) is 1. The Morgan fingerprint density at radius 2 is 2.08 bits per heavy atom. The Hall–Kier alpha value is -1.59. The van der Waals surface area contributed by atoms with Crippen LogP contribution < -0.4 is 10.1 Å². The molecule has 1 heterocycles. The Labute approximate surface area is 152 Å². The molecule has 0 radical (unpaired) electrons. The predicted molar refractivity (Wildman–Crippen MR) is 105 cm³/mol. The van der Waals surface area contributed by atoms with E-state index in [0.29, 0.717) is 15.1 Å². The van der Waals surface area contributed by atoms with E-state index in [2.05, 4.69) is 23.5 Å². The van der Waals surface area contributed by atoms with Crippen LogP contribution in [0.3, 0.4) is 0 Å². The molecule has 1 aromatic carbocycles. The number of hydrogen-bond donors (Lipinski definition) is 1. The Kier molecular flexibility index (Phi) is 5.74. The maximum Gasteiger partial charge on any atom is 0.263 e. The minimum atomic E-state index is -0.125. The third-order valence-corrected chi connectivity index (χ3v) is 5.55. The van der Waals surface area contributed by atoms with Crippen LogP contribution in [0.1, 0.15) is 43.2 Å². The van der Waals surface area contributed by atoms with Gasteiger partial charge < -0.3 is 10.1 Å². The topological polar surface area (TPSA) is 38.3 Å². The molecule has 1 saturated heterocycles. The lowest BCUT2D eigenvalue weighted by molar-refractivity contribution is -0.115. The zero-order chi connectivity index (χ0) is 16.9. The second-order valence-electron chi connectivity index (χ2n) is 6.11. The van der Waals surface area contributed by atoms with Gasteiger partial charge in [-0.1, -0.05) is 61.5 Å². The molecular weight excluding hydrogens is 338 g/mol. The first-order valence-corrected chi connectivity index (χ1v) is 9.49. The number of hydrogen-bond acceptors (Lipinski definition) is 4. The van der Waals surface area contributed by atoms with Gasteiger partial charge in [0.15, 0.2) is 0 Å².